The predicted octanol–water partition coefficient (Wildman–Crippen LogP) is 3.31. The van der Waals surface area contributed by atoms with E-state index in [0.717, 1.165) is 18.4 Å². The van der Waals surface area contributed by atoms with E-state index in [1.807, 2.05) is 19.9 Å². The minimum absolute atomic E-state index is 0.0306. The second-order valence-corrected chi connectivity index (χ2v) is 6.77. The molecule has 1 amide bonds. The topological polar surface area (TPSA) is 64.6 Å². The van der Waals surface area contributed by atoms with E-state index in [1.165, 1.54) is 13.0 Å². The molecule has 1 saturated heterocycles. The summed E-state index contributed by atoms with van der Waals surface area (Å²) in [6.07, 6.45) is 8.34. The molecule has 1 aliphatic rings. The Kier molecular flexibility index (Phi) is 8.62. The van der Waals surface area contributed by atoms with Crippen LogP contribution in [0, 0.1) is 5.92 Å². The number of hydrogen-bond donors (Lipinski definition) is 1. The molecule has 1 rings (SSSR count). The monoisotopic (exact) mass is 349 g/mol. The number of ether oxygens (including phenoxy) is 2. The smallest absolute Gasteiger partial charge is 0.303 e. The number of esters is 1. The highest BCUT2D eigenvalue weighted by Gasteiger charge is 2.33. The van der Waals surface area contributed by atoms with Gasteiger partial charge in [0.2, 0.25) is 5.91 Å². The van der Waals surface area contributed by atoms with Gasteiger partial charge in [0.25, 0.3) is 0 Å². The third-order valence-electron chi connectivity index (χ3n) is 4.41. The molecule has 0 radical (unpaired) electrons. The van der Waals surface area contributed by atoms with Crippen molar-refractivity contribution >= 4 is 11.9 Å². The highest BCUT2D eigenvalue weighted by atomic mass is 16.5. The van der Waals surface area contributed by atoms with E-state index in [-0.39, 0.29) is 30.1 Å². The van der Waals surface area contributed by atoms with Crippen LogP contribution in [0.3, 0.4) is 0 Å². The number of hydrogen-bond acceptors (Lipinski definition) is 4. The van der Waals surface area contributed by atoms with E-state index < -0.39 is 6.10 Å². The maximum absolute atomic E-state index is 12.1. The van der Waals surface area contributed by atoms with Crippen molar-refractivity contribution in [1.82, 2.24) is 5.32 Å². The van der Waals surface area contributed by atoms with Crippen molar-refractivity contribution in [3.63, 3.8) is 0 Å². The first-order valence-electron chi connectivity index (χ1n) is 8.83. The molecule has 5 heteroatoms. The maximum atomic E-state index is 12.1. The van der Waals surface area contributed by atoms with Crippen LogP contribution in [0.15, 0.2) is 36.5 Å². The Morgan fingerprint density at radius 3 is 2.64 bits per heavy atom. The first kappa shape index (κ1) is 21.2. The maximum Gasteiger partial charge on any atom is 0.303 e. The Balaban J connectivity index is 2.53. The minimum atomic E-state index is -0.425. The Hall–Kier alpha value is -1.88. The molecule has 0 saturated carbocycles. The zero-order chi connectivity index (χ0) is 19.0. The number of rotatable bonds is 7. The first-order valence-corrected chi connectivity index (χ1v) is 8.83. The van der Waals surface area contributed by atoms with Crippen LogP contribution in [-0.4, -0.2) is 36.2 Å². The van der Waals surface area contributed by atoms with Crippen LogP contribution in [0.5, 0.6) is 0 Å². The minimum Gasteiger partial charge on any atom is -0.459 e. The molecular formula is C20H31NO4. The van der Waals surface area contributed by atoms with Gasteiger partial charge in [-0.1, -0.05) is 31.2 Å². The lowest BCUT2D eigenvalue weighted by atomic mass is 9.88. The van der Waals surface area contributed by atoms with Crippen LogP contribution < -0.4 is 5.32 Å². The van der Waals surface area contributed by atoms with Gasteiger partial charge in [-0.3, -0.25) is 9.59 Å². The Morgan fingerprint density at radius 1 is 1.36 bits per heavy atom. The Labute approximate surface area is 151 Å². The molecule has 25 heavy (non-hydrogen) atoms. The second-order valence-electron chi connectivity index (χ2n) is 6.77. The third-order valence-corrected chi connectivity index (χ3v) is 4.41. The zero-order valence-electron chi connectivity index (χ0n) is 16.0. The third kappa shape index (κ3) is 7.69. The number of allylic oxidation sites excluding steroid dienone is 2. The fourth-order valence-electron chi connectivity index (χ4n) is 2.85. The van der Waals surface area contributed by atoms with Crippen LogP contribution >= 0.6 is 0 Å². The molecule has 0 aliphatic carbocycles. The summed E-state index contributed by atoms with van der Waals surface area (Å²) in [7, 11) is 0. The standard InChI is InChI=1S/C20H31NO4/c1-7-13(2)8-10-19-14(3)12-18(16(5)25-19)21-20(23)11-9-15(4)24-17(6)22/h7-9,11,14-16,18-19H,1,10,12H2,2-6H3,(H,21,23)/b11-9-,13-8+/t14-,15-,16+,18+,19-/m0/s1. The van der Waals surface area contributed by atoms with Crippen molar-refractivity contribution < 1.29 is 19.1 Å². The molecule has 0 aromatic carbocycles. The summed E-state index contributed by atoms with van der Waals surface area (Å²) in [5, 5.41) is 2.98. The summed E-state index contributed by atoms with van der Waals surface area (Å²) in [5.74, 6) is -0.223. The van der Waals surface area contributed by atoms with Crippen molar-refractivity contribution in [3.8, 4) is 0 Å². The molecule has 140 valence electrons. The molecule has 1 N–H and O–H groups in total. The Morgan fingerprint density at radius 2 is 2.04 bits per heavy atom. The largest absolute Gasteiger partial charge is 0.459 e. The molecular weight excluding hydrogens is 318 g/mol. The van der Waals surface area contributed by atoms with Crippen molar-refractivity contribution in [1.29, 1.82) is 0 Å². The molecule has 1 aliphatic heterocycles. The van der Waals surface area contributed by atoms with E-state index in [1.54, 1.807) is 13.0 Å². The SMILES string of the molecule is C=C/C(C)=C/C[C@@H]1O[C@H](C)[C@H](NC(=O)/C=C\[C@H](C)OC(C)=O)C[C@@H]1C. The predicted molar refractivity (Wildman–Crippen MR) is 99.0 cm³/mol. The number of amides is 1. The molecule has 1 fully saturated rings. The van der Waals surface area contributed by atoms with E-state index in [4.69, 9.17) is 9.47 Å². The second kappa shape index (κ2) is 10.2. The lowest BCUT2D eigenvalue weighted by Crippen LogP contribution is -2.50. The normalized spacial score (nSPS) is 28.4. The molecule has 5 nitrogen and oxygen atoms in total. The van der Waals surface area contributed by atoms with E-state index in [9.17, 15) is 9.59 Å². The van der Waals surface area contributed by atoms with Gasteiger partial charge in [0, 0.05) is 13.0 Å². The summed E-state index contributed by atoms with van der Waals surface area (Å²) >= 11 is 0. The number of nitrogens with one attached hydrogen (secondary N) is 1. The average molecular weight is 349 g/mol. The van der Waals surface area contributed by atoms with Crippen molar-refractivity contribution in [2.45, 2.75) is 71.8 Å². The summed E-state index contributed by atoms with van der Waals surface area (Å²) in [6.45, 7) is 13.0. The molecule has 1 heterocycles. The van der Waals surface area contributed by atoms with Gasteiger partial charge in [0.15, 0.2) is 0 Å². The summed E-state index contributed by atoms with van der Waals surface area (Å²) < 4.78 is 11.1. The van der Waals surface area contributed by atoms with Crippen molar-refractivity contribution in [2.24, 2.45) is 5.92 Å². The van der Waals surface area contributed by atoms with Crippen LogP contribution in [0.2, 0.25) is 0 Å². The lowest BCUT2D eigenvalue weighted by Gasteiger charge is -2.39. The first-order chi connectivity index (χ1) is 11.7. The molecule has 0 spiro atoms. The van der Waals surface area contributed by atoms with Crippen LogP contribution in [0.4, 0.5) is 0 Å². The highest BCUT2D eigenvalue weighted by molar-refractivity contribution is 5.87. The van der Waals surface area contributed by atoms with Crippen LogP contribution in [0.25, 0.3) is 0 Å². The van der Waals surface area contributed by atoms with Crippen LogP contribution in [-0.2, 0) is 19.1 Å². The molecule has 5 atom stereocenters. The van der Waals surface area contributed by atoms with Crippen molar-refractivity contribution in [3.05, 3.63) is 36.5 Å². The van der Waals surface area contributed by atoms with Gasteiger partial charge in [-0.2, -0.15) is 0 Å². The van der Waals surface area contributed by atoms with E-state index in [0.29, 0.717) is 5.92 Å². The van der Waals surface area contributed by atoms with Gasteiger partial charge >= 0.3 is 5.97 Å². The van der Waals surface area contributed by atoms with Gasteiger partial charge in [-0.05, 0) is 45.6 Å². The fraction of sp³-hybridized carbons (Fsp3) is 0.600. The Bertz CT molecular complexity index is 538. The van der Waals surface area contributed by atoms with Crippen LogP contribution in [0.1, 0.15) is 47.5 Å². The average Bonchev–Trinajstić information content (AvgIpc) is 2.53. The van der Waals surface area contributed by atoms with Gasteiger partial charge in [0.1, 0.15) is 6.10 Å². The summed E-state index contributed by atoms with van der Waals surface area (Å²) in [4.78, 5) is 22.9. The van der Waals surface area contributed by atoms with Gasteiger partial charge in [-0.25, -0.2) is 0 Å². The quantitative estimate of drug-likeness (QED) is 0.435. The number of carbonyl (C=O) groups is 2. The highest BCUT2D eigenvalue weighted by Crippen LogP contribution is 2.27. The lowest BCUT2D eigenvalue weighted by molar-refractivity contribution is -0.143. The fourth-order valence-corrected chi connectivity index (χ4v) is 2.85. The molecule has 0 bridgehead atoms. The molecule has 0 aromatic heterocycles. The van der Waals surface area contributed by atoms with E-state index in [2.05, 4.69) is 24.9 Å². The van der Waals surface area contributed by atoms with Gasteiger partial charge < -0.3 is 14.8 Å². The summed E-state index contributed by atoms with van der Waals surface area (Å²) in [5.41, 5.74) is 1.14. The molecule has 0 unspecified atom stereocenters. The van der Waals surface area contributed by atoms with Crippen molar-refractivity contribution in [2.75, 3.05) is 0 Å². The van der Waals surface area contributed by atoms with E-state index >= 15 is 0 Å². The number of carbonyl (C=O) groups excluding carboxylic acids is 2. The molecule has 0 aromatic rings. The zero-order valence-corrected chi connectivity index (χ0v) is 16.0. The summed E-state index contributed by atoms with van der Waals surface area (Å²) in [6, 6.07) is -0.0306. The van der Waals surface area contributed by atoms with Gasteiger partial charge in [0.05, 0.1) is 18.2 Å². The van der Waals surface area contributed by atoms with Gasteiger partial charge in [-0.15, -0.1) is 0 Å².